The van der Waals surface area contributed by atoms with Crippen molar-refractivity contribution in [3.8, 4) is 0 Å². The second-order valence-electron chi connectivity index (χ2n) is 5.87. The minimum atomic E-state index is -3.61. The number of nitrogens with zero attached hydrogens (tertiary/aromatic N) is 1. The monoisotopic (exact) mass is 444 g/mol. The van der Waals surface area contributed by atoms with E-state index >= 15 is 0 Å². The van der Waals surface area contributed by atoms with E-state index in [0.717, 1.165) is 30.5 Å². The van der Waals surface area contributed by atoms with Gasteiger partial charge in [-0.3, -0.25) is 14.9 Å². The molecule has 9 nitrogen and oxygen atoms in total. The number of amides is 1. The molecule has 0 fully saturated rings. The van der Waals surface area contributed by atoms with Crippen LogP contribution in [0.15, 0.2) is 41.3 Å². The minimum absolute atomic E-state index is 0.0795. The topological polar surface area (TPSA) is 133 Å². The number of ether oxygens (including phenoxy) is 1. The van der Waals surface area contributed by atoms with E-state index in [2.05, 4.69) is 5.32 Å². The Hall–Kier alpha value is -3.05. The van der Waals surface area contributed by atoms with E-state index < -0.39 is 44.2 Å². The molecule has 12 heteroatoms. The van der Waals surface area contributed by atoms with Crippen LogP contribution >= 0.6 is 11.6 Å². The number of anilines is 1. The molecule has 0 spiro atoms. The molecule has 0 aliphatic heterocycles. The van der Waals surface area contributed by atoms with Crippen molar-refractivity contribution in [3.05, 3.63) is 62.9 Å². The van der Waals surface area contributed by atoms with Crippen molar-refractivity contribution in [3.63, 3.8) is 0 Å². The molecule has 0 saturated carbocycles. The van der Waals surface area contributed by atoms with Gasteiger partial charge in [0, 0.05) is 18.0 Å². The third kappa shape index (κ3) is 5.48. The summed E-state index contributed by atoms with van der Waals surface area (Å²) in [5.74, 6) is -2.98. The number of halogens is 2. The van der Waals surface area contributed by atoms with Gasteiger partial charge in [-0.25, -0.2) is 13.2 Å². The number of nitrogens with one attached hydrogen (secondary N) is 1. The highest BCUT2D eigenvalue weighted by Gasteiger charge is 2.23. The molecule has 0 heterocycles. The maximum absolute atomic E-state index is 13.4. The quantitative estimate of drug-likeness (QED) is 0.411. The van der Waals surface area contributed by atoms with Crippen LogP contribution in [0, 0.1) is 15.9 Å². The van der Waals surface area contributed by atoms with Gasteiger partial charge in [-0.2, -0.15) is 4.39 Å². The van der Waals surface area contributed by atoms with Crippen molar-refractivity contribution in [2.24, 2.45) is 0 Å². The lowest BCUT2D eigenvalue weighted by atomic mass is 10.2. The molecule has 0 saturated heterocycles. The number of esters is 1. The summed E-state index contributed by atoms with van der Waals surface area (Å²) >= 11 is 5.90. The molecule has 1 N–H and O–H groups in total. The molecule has 1 unspecified atom stereocenters. The van der Waals surface area contributed by atoms with Gasteiger partial charge < -0.3 is 10.1 Å². The normalized spacial score (nSPS) is 12.1. The summed E-state index contributed by atoms with van der Waals surface area (Å²) in [6.07, 6.45) is -0.423. The van der Waals surface area contributed by atoms with Crippen molar-refractivity contribution in [1.29, 1.82) is 0 Å². The van der Waals surface area contributed by atoms with Crippen LogP contribution in [0.25, 0.3) is 0 Å². The van der Waals surface area contributed by atoms with Crippen molar-refractivity contribution in [2.45, 2.75) is 17.9 Å². The van der Waals surface area contributed by atoms with E-state index in [1.165, 1.54) is 19.1 Å². The Morgan fingerprint density at radius 3 is 2.48 bits per heavy atom. The molecule has 29 heavy (non-hydrogen) atoms. The maximum atomic E-state index is 13.4. The molecular weight excluding hydrogens is 431 g/mol. The van der Waals surface area contributed by atoms with Crippen LogP contribution in [0.1, 0.15) is 17.3 Å². The fourth-order valence-corrected chi connectivity index (χ4v) is 2.99. The minimum Gasteiger partial charge on any atom is -0.449 e. The highest BCUT2D eigenvalue weighted by atomic mass is 35.5. The van der Waals surface area contributed by atoms with Crippen LogP contribution < -0.4 is 5.32 Å². The van der Waals surface area contributed by atoms with Gasteiger partial charge in [0.15, 0.2) is 15.9 Å². The summed E-state index contributed by atoms with van der Waals surface area (Å²) in [6.45, 7) is 1.22. The average molecular weight is 445 g/mol. The first-order valence-electron chi connectivity index (χ1n) is 7.85. The fraction of sp³-hybridized carbons (Fsp3) is 0.176. The number of carbonyl (C=O) groups is 2. The Labute approximate surface area is 169 Å². The third-order valence-corrected chi connectivity index (χ3v) is 5.09. The fourth-order valence-electron chi connectivity index (χ4n) is 2.14. The van der Waals surface area contributed by atoms with Gasteiger partial charge in [0.25, 0.3) is 5.91 Å². The Bertz CT molecular complexity index is 1100. The van der Waals surface area contributed by atoms with Gasteiger partial charge in [0.05, 0.1) is 20.4 Å². The third-order valence-electron chi connectivity index (χ3n) is 3.65. The number of hydrogen-bond acceptors (Lipinski definition) is 7. The highest BCUT2D eigenvalue weighted by molar-refractivity contribution is 7.90. The molecule has 2 rings (SSSR count). The summed E-state index contributed by atoms with van der Waals surface area (Å²) < 4.78 is 41.6. The van der Waals surface area contributed by atoms with Crippen molar-refractivity contribution < 1.29 is 32.1 Å². The first kappa shape index (κ1) is 22.2. The smallest absolute Gasteiger partial charge is 0.340 e. The number of sulfone groups is 1. The zero-order valence-electron chi connectivity index (χ0n) is 15.0. The molecule has 1 amide bonds. The number of nitro groups is 1. The Kier molecular flexibility index (Phi) is 6.55. The summed E-state index contributed by atoms with van der Waals surface area (Å²) in [4.78, 5) is 34.1. The highest BCUT2D eigenvalue weighted by Crippen LogP contribution is 2.23. The predicted octanol–water partition coefficient (Wildman–Crippen LogP) is 2.97. The molecule has 0 bridgehead atoms. The number of benzene rings is 2. The van der Waals surface area contributed by atoms with E-state index in [9.17, 15) is 32.5 Å². The van der Waals surface area contributed by atoms with E-state index in [1.807, 2.05) is 0 Å². The standard InChI is InChI=1S/C17H14ClFN2O7S/c1-9(16(22)20-10-3-6-14(19)15(7-10)21(24)25)28-17(23)12-8-11(29(2,26)27)4-5-13(12)18/h3-9H,1-2H3,(H,20,22). The Morgan fingerprint density at radius 2 is 1.90 bits per heavy atom. The first-order valence-corrected chi connectivity index (χ1v) is 10.1. The molecule has 2 aromatic rings. The van der Waals surface area contributed by atoms with Crippen LogP contribution in [0.4, 0.5) is 15.8 Å². The largest absolute Gasteiger partial charge is 0.449 e. The lowest BCUT2D eigenvalue weighted by Gasteiger charge is -2.14. The van der Waals surface area contributed by atoms with Crippen molar-refractivity contribution >= 4 is 44.7 Å². The van der Waals surface area contributed by atoms with Crippen LogP contribution in [0.3, 0.4) is 0 Å². The van der Waals surface area contributed by atoms with Gasteiger partial charge in [-0.15, -0.1) is 0 Å². The van der Waals surface area contributed by atoms with Gasteiger partial charge in [-0.1, -0.05) is 11.6 Å². The average Bonchev–Trinajstić information content (AvgIpc) is 2.62. The van der Waals surface area contributed by atoms with Crippen molar-refractivity contribution in [2.75, 3.05) is 11.6 Å². The molecule has 0 radical (unpaired) electrons. The van der Waals surface area contributed by atoms with E-state index in [-0.39, 0.29) is 21.2 Å². The molecule has 0 aliphatic rings. The molecular formula is C17H14ClFN2O7S. The number of carbonyl (C=O) groups excluding carboxylic acids is 2. The summed E-state index contributed by atoms with van der Waals surface area (Å²) in [7, 11) is -3.61. The Balaban J connectivity index is 2.15. The van der Waals surface area contributed by atoms with E-state index in [1.54, 1.807) is 0 Å². The van der Waals surface area contributed by atoms with Crippen LogP contribution in [0.2, 0.25) is 5.02 Å². The molecule has 0 aliphatic carbocycles. The predicted molar refractivity (Wildman–Crippen MR) is 101 cm³/mol. The molecule has 2 aromatic carbocycles. The van der Waals surface area contributed by atoms with Gasteiger partial charge in [-0.05, 0) is 37.3 Å². The lowest BCUT2D eigenvalue weighted by Crippen LogP contribution is -2.30. The zero-order chi connectivity index (χ0) is 21.9. The van der Waals surface area contributed by atoms with Crippen molar-refractivity contribution in [1.82, 2.24) is 0 Å². The summed E-state index contributed by atoms with van der Waals surface area (Å²) in [6, 6.07) is 6.16. The molecule has 0 aromatic heterocycles. The summed E-state index contributed by atoms with van der Waals surface area (Å²) in [5.41, 5.74) is -1.17. The zero-order valence-corrected chi connectivity index (χ0v) is 16.6. The second kappa shape index (κ2) is 8.53. The number of rotatable bonds is 6. The molecule has 1 atom stereocenters. The lowest BCUT2D eigenvalue weighted by molar-refractivity contribution is -0.387. The van der Waals surface area contributed by atoms with Gasteiger partial charge in [0.1, 0.15) is 0 Å². The van der Waals surface area contributed by atoms with Crippen LogP contribution in [0.5, 0.6) is 0 Å². The summed E-state index contributed by atoms with van der Waals surface area (Å²) in [5, 5.41) is 12.9. The second-order valence-corrected chi connectivity index (χ2v) is 8.30. The SMILES string of the molecule is CC(OC(=O)c1cc(S(C)(=O)=O)ccc1Cl)C(=O)Nc1ccc(F)c([N+](=O)[O-])c1. The Morgan fingerprint density at radius 1 is 1.24 bits per heavy atom. The molecule has 154 valence electrons. The van der Waals surface area contributed by atoms with Gasteiger partial charge in [0.2, 0.25) is 5.82 Å². The van der Waals surface area contributed by atoms with Crippen LogP contribution in [-0.2, 0) is 19.4 Å². The van der Waals surface area contributed by atoms with Crippen LogP contribution in [-0.4, -0.2) is 37.6 Å². The van der Waals surface area contributed by atoms with Gasteiger partial charge >= 0.3 is 11.7 Å². The van der Waals surface area contributed by atoms with E-state index in [4.69, 9.17) is 16.3 Å². The maximum Gasteiger partial charge on any atom is 0.340 e. The van der Waals surface area contributed by atoms with E-state index in [0.29, 0.717) is 0 Å². The number of hydrogen-bond donors (Lipinski definition) is 1. The first-order chi connectivity index (χ1) is 13.4. The number of nitro benzene ring substituents is 1.